The monoisotopic (exact) mass is 269 g/mol. The smallest absolute Gasteiger partial charge is 0.141 e. The summed E-state index contributed by atoms with van der Waals surface area (Å²) in [5, 5.41) is 10.3. The van der Waals surface area contributed by atoms with E-state index >= 15 is 0 Å². The number of aromatic nitrogens is 1. The zero-order chi connectivity index (χ0) is 13.1. The Hall–Kier alpha value is -1.52. The van der Waals surface area contributed by atoms with Crippen molar-refractivity contribution in [3.8, 4) is 0 Å². The molecule has 0 bridgehead atoms. The first-order valence-corrected chi connectivity index (χ1v) is 5.67. The van der Waals surface area contributed by atoms with Crippen LogP contribution in [0, 0.1) is 11.6 Å². The van der Waals surface area contributed by atoms with Crippen LogP contribution in [0.15, 0.2) is 36.5 Å². The molecule has 5 heteroatoms. The van der Waals surface area contributed by atoms with E-state index in [4.69, 9.17) is 11.6 Å². The van der Waals surface area contributed by atoms with Gasteiger partial charge in [-0.25, -0.2) is 8.78 Å². The zero-order valence-electron chi connectivity index (χ0n) is 9.28. The van der Waals surface area contributed by atoms with Crippen molar-refractivity contribution in [1.82, 2.24) is 4.98 Å². The third-order valence-corrected chi connectivity index (χ3v) is 2.75. The summed E-state index contributed by atoms with van der Waals surface area (Å²) in [5.74, 6) is -0.930. The highest BCUT2D eigenvalue weighted by atomic mass is 35.5. The lowest BCUT2D eigenvalue weighted by Crippen LogP contribution is -2.05. The van der Waals surface area contributed by atoms with Gasteiger partial charge in [-0.05, 0) is 35.9 Å². The van der Waals surface area contributed by atoms with E-state index in [2.05, 4.69) is 4.98 Å². The van der Waals surface area contributed by atoms with Crippen LogP contribution in [0.25, 0.3) is 0 Å². The number of hydrogen-bond donors (Lipinski definition) is 1. The number of aliphatic hydroxyl groups is 1. The third-order valence-electron chi connectivity index (χ3n) is 2.51. The molecule has 1 aromatic heterocycles. The van der Waals surface area contributed by atoms with Gasteiger partial charge in [0.25, 0.3) is 0 Å². The average Bonchev–Trinajstić information content (AvgIpc) is 2.34. The molecule has 0 aliphatic rings. The maximum absolute atomic E-state index is 13.5. The Morgan fingerprint density at radius 3 is 2.67 bits per heavy atom. The van der Waals surface area contributed by atoms with Gasteiger partial charge in [0.2, 0.25) is 0 Å². The number of nitrogens with zero attached hydrogens (tertiary/aromatic N) is 1. The Bertz CT molecular complexity index is 545. The lowest BCUT2D eigenvalue weighted by Gasteiger charge is -2.11. The minimum absolute atomic E-state index is 0.0328. The number of rotatable bonds is 3. The summed E-state index contributed by atoms with van der Waals surface area (Å²) in [5.41, 5.74) is 0.580. The zero-order valence-corrected chi connectivity index (χ0v) is 10.0. The molecule has 2 rings (SSSR count). The molecule has 0 amide bonds. The molecule has 1 atom stereocenters. The Morgan fingerprint density at radius 2 is 2.00 bits per heavy atom. The van der Waals surface area contributed by atoms with Crippen molar-refractivity contribution in [2.24, 2.45) is 0 Å². The molecule has 1 aromatic carbocycles. The van der Waals surface area contributed by atoms with E-state index in [1.54, 1.807) is 0 Å². The van der Waals surface area contributed by atoms with Gasteiger partial charge < -0.3 is 5.11 Å². The highest BCUT2D eigenvalue weighted by Gasteiger charge is 2.13. The van der Waals surface area contributed by atoms with Crippen LogP contribution in [0.2, 0.25) is 5.02 Å². The molecule has 1 heterocycles. The molecule has 0 fully saturated rings. The van der Waals surface area contributed by atoms with Gasteiger partial charge in [-0.2, -0.15) is 0 Å². The minimum atomic E-state index is -1.00. The molecule has 2 nitrogen and oxygen atoms in total. The maximum atomic E-state index is 13.5. The quantitative estimate of drug-likeness (QED) is 0.927. The predicted molar refractivity (Wildman–Crippen MR) is 64.3 cm³/mol. The fraction of sp³-hybridized carbons (Fsp3) is 0.154. The molecule has 1 N–H and O–H groups in total. The van der Waals surface area contributed by atoms with Crippen molar-refractivity contribution in [3.63, 3.8) is 0 Å². The van der Waals surface area contributed by atoms with Gasteiger partial charge in [0.1, 0.15) is 17.7 Å². The largest absolute Gasteiger partial charge is 0.386 e. The van der Waals surface area contributed by atoms with E-state index < -0.39 is 17.7 Å². The highest BCUT2D eigenvalue weighted by molar-refractivity contribution is 6.30. The van der Waals surface area contributed by atoms with Gasteiger partial charge in [0.15, 0.2) is 0 Å². The third kappa shape index (κ3) is 3.03. The standard InChI is InChI=1S/C13H10ClF2NO/c14-9-1-3-11(16)8(5-9)6-13(18)12-4-2-10(15)7-17-12/h1-5,7,13,18H,6H2. The average molecular weight is 270 g/mol. The molecule has 0 saturated carbocycles. The molecule has 94 valence electrons. The lowest BCUT2D eigenvalue weighted by atomic mass is 10.0. The summed E-state index contributed by atoms with van der Waals surface area (Å²) in [7, 11) is 0. The minimum Gasteiger partial charge on any atom is -0.386 e. The van der Waals surface area contributed by atoms with Crippen LogP contribution in [-0.2, 0) is 6.42 Å². The van der Waals surface area contributed by atoms with Crippen LogP contribution in [-0.4, -0.2) is 10.1 Å². The Labute approximate surface area is 108 Å². The van der Waals surface area contributed by atoms with E-state index in [0.717, 1.165) is 6.20 Å². The summed E-state index contributed by atoms with van der Waals surface area (Å²) < 4.78 is 26.1. The first kappa shape index (κ1) is 12.9. The number of benzene rings is 1. The van der Waals surface area contributed by atoms with Crippen LogP contribution in [0.4, 0.5) is 8.78 Å². The Morgan fingerprint density at radius 1 is 1.22 bits per heavy atom. The first-order valence-electron chi connectivity index (χ1n) is 5.29. The molecule has 1 unspecified atom stereocenters. The number of hydrogen-bond acceptors (Lipinski definition) is 2. The molecule has 0 aliphatic carbocycles. The van der Waals surface area contributed by atoms with Crippen molar-refractivity contribution in [3.05, 3.63) is 64.4 Å². The summed E-state index contributed by atoms with van der Waals surface area (Å²) in [6.07, 6.45) is 0.0383. The summed E-state index contributed by atoms with van der Waals surface area (Å²) >= 11 is 5.75. The molecule has 0 radical (unpaired) electrons. The molecular formula is C13H10ClF2NO. The van der Waals surface area contributed by atoms with Crippen molar-refractivity contribution in [2.75, 3.05) is 0 Å². The molecule has 18 heavy (non-hydrogen) atoms. The predicted octanol–water partition coefficient (Wildman–Crippen LogP) is 3.29. The second-order valence-electron chi connectivity index (χ2n) is 3.86. The molecule has 0 aliphatic heterocycles. The van der Waals surface area contributed by atoms with Gasteiger partial charge in [-0.1, -0.05) is 11.6 Å². The van der Waals surface area contributed by atoms with E-state index in [0.29, 0.717) is 10.6 Å². The van der Waals surface area contributed by atoms with E-state index in [1.807, 2.05) is 0 Å². The lowest BCUT2D eigenvalue weighted by molar-refractivity contribution is 0.172. The van der Waals surface area contributed by atoms with Gasteiger partial charge in [-0.15, -0.1) is 0 Å². The maximum Gasteiger partial charge on any atom is 0.141 e. The van der Waals surface area contributed by atoms with Crippen LogP contribution < -0.4 is 0 Å². The fourth-order valence-electron chi connectivity index (χ4n) is 1.60. The molecule has 2 aromatic rings. The Kier molecular flexibility index (Phi) is 3.89. The van der Waals surface area contributed by atoms with Crippen LogP contribution >= 0.6 is 11.6 Å². The SMILES string of the molecule is OC(Cc1cc(Cl)ccc1F)c1ccc(F)cn1. The van der Waals surface area contributed by atoms with Crippen molar-refractivity contribution < 1.29 is 13.9 Å². The number of aliphatic hydroxyl groups excluding tert-OH is 1. The number of halogens is 3. The summed E-state index contributed by atoms with van der Waals surface area (Å²) in [6.45, 7) is 0. The number of pyridine rings is 1. The molecular weight excluding hydrogens is 260 g/mol. The Balaban J connectivity index is 2.18. The van der Waals surface area contributed by atoms with E-state index in [-0.39, 0.29) is 12.1 Å². The summed E-state index contributed by atoms with van der Waals surface area (Å²) in [4.78, 5) is 3.75. The fourth-order valence-corrected chi connectivity index (χ4v) is 1.79. The second kappa shape index (κ2) is 5.42. The van der Waals surface area contributed by atoms with E-state index in [9.17, 15) is 13.9 Å². The van der Waals surface area contributed by atoms with Gasteiger partial charge in [-0.3, -0.25) is 4.98 Å². The highest BCUT2D eigenvalue weighted by Crippen LogP contribution is 2.21. The second-order valence-corrected chi connectivity index (χ2v) is 4.29. The van der Waals surface area contributed by atoms with Crippen LogP contribution in [0.5, 0.6) is 0 Å². The van der Waals surface area contributed by atoms with Crippen LogP contribution in [0.1, 0.15) is 17.4 Å². The molecule has 0 spiro atoms. The van der Waals surface area contributed by atoms with E-state index in [1.165, 1.54) is 30.3 Å². The normalized spacial score (nSPS) is 12.4. The summed E-state index contributed by atoms with van der Waals surface area (Å²) in [6, 6.07) is 6.68. The van der Waals surface area contributed by atoms with Crippen molar-refractivity contribution in [2.45, 2.75) is 12.5 Å². The van der Waals surface area contributed by atoms with Crippen molar-refractivity contribution >= 4 is 11.6 Å². The first-order chi connectivity index (χ1) is 8.56. The van der Waals surface area contributed by atoms with Crippen molar-refractivity contribution in [1.29, 1.82) is 0 Å². The van der Waals surface area contributed by atoms with Gasteiger partial charge >= 0.3 is 0 Å². The topological polar surface area (TPSA) is 33.1 Å². The van der Waals surface area contributed by atoms with Gasteiger partial charge in [0, 0.05) is 11.4 Å². The van der Waals surface area contributed by atoms with Gasteiger partial charge in [0.05, 0.1) is 11.9 Å². The molecule has 0 saturated heterocycles. The van der Waals surface area contributed by atoms with Crippen LogP contribution in [0.3, 0.4) is 0 Å².